The highest BCUT2D eigenvalue weighted by Gasteiger charge is 2.19. The number of carbonyl (C=O) groups excluding carboxylic acids is 1. The number of nitrogens with one attached hydrogen (secondary N) is 2. The first-order valence-electron chi connectivity index (χ1n) is 9.23. The fourth-order valence-electron chi connectivity index (χ4n) is 2.71. The molecule has 146 valence electrons. The van der Waals surface area contributed by atoms with Crippen LogP contribution in [0.3, 0.4) is 0 Å². The highest BCUT2D eigenvalue weighted by molar-refractivity contribution is 5.68. The Kier molecular flexibility index (Phi) is 7.25. The van der Waals surface area contributed by atoms with Gasteiger partial charge in [-0.1, -0.05) is 30.3 Å². The number of benzene rings is 2. The molecule has 0 aliphatic rings. The van der Waals surface area contributed by atoms with Crippen LogP contribution in [-0.2, 0) is 11.2 Å². The van der Waals surface area contributed by atoms with Crippen molar-refractivity contribution in [3.63, 3.8) is 0 Å². The van der Waals surface area contributed by atoms with Gasteiger partial charge in [0.2, 0.25) is 0 Å². The lowest BCUT2D eigenvalue weighted by Crippen LogP contribution is -2.44. The molecule has 27 heavy (non-hydrogen) atoms. The van der Waals surface area contributed by atoms with Crippen LogP contribution >= 0.6 is 0 Å². The van der Waals surface area contributed by atoms with Crippen molar-refractivity contribution in [3.8, 4) is 11.5 Å². The summed E-state index contributed by atoms with van der Waals surface area (Å²) in [6, 6.07) is 15.8. The lowest BCUT2D eigenvalue weighted by Gasteiger charge is -2.23. The Hall–Kier alpha value is -2.53. The molecule has 0 fully saturated rings. The molecule has 0 spiro atoms. The van der Waals surface area contributed by atoms with E-state index in [0.717, 1.165) is 22.6 Å². The number of likely N-dealkylation sites (N-methyl/N-ethyl adjacent to an activating group) is 1. The average Bonchev–Trinajstić information content (AvgIpc) is 2.56. The van der Waals surface area contributed by atoms with E-state index in [2.05, 4.69) is 10.6 Å². The van der Waals surface area contributed by atoms with Crippen LogP contribution in [-0.4, -0.2) is 31.3 Å². The number of amides is 1. The molecule has 5 nitrogen and oxygen atoms in total. The van der Waals surface area contributed by atoms with Crippen molar-refractivity contribution in [3.05, 3.63) is 59.7 Å². The summed E-state index contributed by atoms with van der Waals surface area (Å²) in [5.74, 6) is 1.62. The summed E-state index contributed by atoms with van der Waals surface area (Å²) < 4.78 is 11.4. The maximum Gasteiger partial charge on any atom is 0.407 e. The van der Waals surface area contributed by atoms with Crippen LogP contribution in [0.1, 0.15) is 31.9 Å². The number of ether oxygens (including phenoxy) is 2. The molecule has 0 saturated carbocycles. The third-order valence-corrected chi connectivity index (χ3v) is 3.87. The first kappa shape index (κ1) is 20.8. The van der Waals surface area contributed by atoms with Gasteiger partial charge < -0.3 is 20.1 Å². The van der Waals surface area contributed by atoms with Gasteiger partial charge in [-0.05, 0) is 70.5 Å². The van der Waals surface area contributed by atoms with Gasteiger partial charge in [-0.3, -0.25) is 0 Å². The number of rotatable bonds is 7. The van der Waals surface area contributed by atoms with E-state index in [4.69, 9.17) is 9.47 Å². The van der Waals surface area contributed by atoms with Crippen molar-refractivity contribution in [2.45, 2.75) is 45.8 Å². The largest absolute Gasteiger partial charge is 0.457 e. The molecule has 0 heterocycles. The van der Waals surface area contributed by atoms with Crippen molar-refractivity contribution >= 4 is 6.09 Å². The molecule has 0 radical (unpaired) electrons. The standard InChI is InChI=1S/C22H30N2O3/c1-16-9-6-7-12-20(16)26-19-11-8-10-17(14-19)13-18(15-23-5)24-21(25)27-22(2,3)4/h6-12,14,18,23H,13,15H2,1-5H3,(H,24,25). The van der Waals surface area contributed by atoms with E-state index in [1.54, 1.807) is 0 Å². The van der Waals surface area contributed by atoms with Gasteiger partial charge in [-0.25, -0.2) is 4.79 Å². The lowest BCUT2D eigenvalue weighted by atomic mass is 10.1. The number of carbonyl (C=O) groups is 1. The molecule has 0 aliphatic carbocycles. The summed E-state index contributed by atoms with van der Waals surface area (Å²) in [7, 11) is 1.86. The Morgan fingerprint density at radius 1 is 1.11 bits per heavy atom. The maximum absolute atomic E-state index is 12.1. The molecule has 2 N–H and O–H groups in total. The van der Waals surface area contributed by atoms with E-state index in [-0.39, 0.29) is 6.04 Å². The number of para-hydroxylation sites is 1. The van der Waals surface area contributed by atoms with Crippen molar-refractivity contribution < 1.29 is 14.3 Å². The second-order valence-electron chi connectivity index (χ2n) is 7.62. The molecule has 0 saturated heterocycles. The van der Waals surface area contributed by atoms with Crippen LogP contribution < -0.4 is 15.4 Å². The number of hydrogen-bond donors (Lipinski definition) is 2. The maximum atomic E-state index is 12.1. The van der Waals surface area contributed by atoms with Crippen molar-refractivity contribution in [1.29, 1.82) is 0 Å². The molecule has 2 aromatic rings. The summed E-state index contributed by atoms with van der Waals surface area (Å²) in [4.78, 5) is 12.1. The highest BCUT2D eigenvalue weighted by Crippen LogP contribution is 2.25. The van der Waals surface area contributed by atoms with E-state index in [0.29, 0.717) is 13.0 Å². The Morgan fingerprint density at radius 3 is 2.52 bits per heavy atom. The number of hydrogen-bond acceptors (Lipinski definition) is 4. The monoisotopic (exact) mass is 370 g/mol. The van der Waals surface area contributed by atoms with Crippen molar-refractivity contribution in [2.24, 2.45) is 0 Å². The fraction of sp³-hybridized carbons (Fsp3) is 0.409. The van der Waals surface area contributed by atoms with Gasteiger partial charge in [0.05, 0.1) is 0 Å². The third-order valence-electron chi connectivity index (χ3n) is 3.87. The molecule has 1 unspecified atom stereocenters. The second-order valence-corrected chi connectivity index (χ2v) is 7.62. The summed E-state index contributed by atoms with van der Waals surface area (Å²) in [5, 5.41) is 6.05. The van der Waals surface area contributed by atoms with Crippen LogP contribution in [0.15, 0.2) is 48.5 Å². The van der Waals surface area contributed by atoms with Crippen LogP contribution in [0.5, 0.6) is 11.5 Å². The van der Waals surface area contributed by atoms with Gasteiger partial charge in [0, 0.05) is 12.6 Å². The van der Waals surface area contributed by atoms with Crippen molar-refractivity contribution in [2.75, 3.05) is 13.6 Å². The zero-order chi connectivity index (χ0) is 19.9. The molecule has 2 aromatic carbocycles. The quantitative estimate of drug-likeness (QED) is 0.756. The summed E-state index contributed by atoms with van der Waals surface area (Å²) in [6.07, 6.45) is 0.264. The van der Waals surface area contributed by atoms with Crippen molar-refractivity contribution in [1.82, 2.24) is 10.6 Å². The molecule has 0 bridgehead atoms. The van der Waals surface area contributed by atoms with E-state index < -0.39 is 11.7 Å². The van der Waals surface area contributed by atoms with Gasteiger partial charge in [0.25, 0.3) is 0 Å². The van der Waals surface area contributed by atoms with E-state index in [9.17, 15) is 4.79 Å². The zero-order valence-electron chi connectivity index (χ0n) is 16.8. The zero-order valence-corrected chi connectivity index (χ0v) is 16.8. The highest BCUT2D eigenvalue weighted by atomic mass is 16.6. The van der Waals surface area contributed by atoms with E-state index in [1.807, 2.05) is 83.3 Å². The van der Waals surface area contributed by atoms with Gasteiger partial charge in [-0.15, -0.1) is 0 Å². The van der Waals surface area contributed by atoms with Gasteiger partial charge >= 0.3 is 6.09 Å². The third kappa shape index (κ3) is 7.31. The predicted molar refractivity (Wildman–Crippen MR) is 108 cm³/mol. The van der Waals surface area contributed by atoms with Gasteiger partial charge in [0.1, 0.15) is 17.1 Å². The van der Waals surface area contributed by atoms with Gasteiger partial charge in [0.15, 0.2) is 0 Å². The smallest absolute Gasteiger partial charge is 0.407 e. The Balaban J connectivity index is 2.05. The predicted octanol–water partition coefficient (Wildman–Crippen LogP) is 4.44. The van der Waals surface area contributed by atoms with Crippen LogP contribution in [0.25, 0.3) is 0 Å². The van der Waals surface area contributed by atoms with E-state index >= 15 is 0 Å². The lowest BCUT2D eigenvalue weighted by molar-refractivity contribution is 0.0504. The molecule has 5 heteroatoms. The summed E-state index contributed by atoms with van der Waals surface area (Å²) in [5.41, 5.74) is 1.65. The fourth-order valence-corrected chi connectivity index (χ4v) is 2.71. The molecule has 2 rings (SSSR count). The van der Waals surface area contributed by atoms with Crippen LogP contribution in [0, 0.1) is 6.92 Å². The molecule has 0 aromatic heterocycles. The minimum Gasteiger partial charge on any atom is -0.457 e. The minimum atomic E-state index is -0.518. The van der Waals surface area contributed by atoms with Crippen LogP contribution in [0.4, 0.5) is 4.79 Å². The summed E-state index contributed by atoms with van der Waals surface area (Å²) in [6.45, 7) is 8.22. The Bertz CT molecular complexity index is 753. The molecule has 1 amide bonds. The Morgan fingerprint density at radius 2 is 1.85 bits per heavy atom. The second kappa shape index (κ2) is 9.42. The number of aryl methyl sites for hydroxylation is 1. The number of alkyl carbamates (subject to hydrolysis) is 1. The average molecular weight is 370 g/mol. The molecular weight excluding hydrogens is 340 g/mol. The molecular formula is C22H30N2O3. The molecule has 0 aliphatic heterocycles. The first-order chi connectivity index (χ1) is 12.8. The summed E-state index contributed by atoms with van der Waals surface area (Å²) >= 11 is 0. The SMILES string of the molecule is CNCC(Cc1cccc(Oc2ccccc2C)c1)NC(=O)OC(C)(C)C. The minimum absolute atomic E-state index is 0.0847. The normalized spacial score (nSPS) is 12.3. The van der Waals surface area contributed by atoms with Crippen LogP contribution in [0.2, 0.25) is 0 Å². The first-order valence-corrected chi connectivity index (χ1v) is 9.23. The Labute approximate surface area is 162 Å². The molecule has 1 atom stereocenters. The van der Waals surface area contributed by atoms with Gasteiger partial charge in [-0.2, -0.15) is 0 Å². The topological polar surface area (TPSA) is 59.6 Å². The van der Waals surface area contributed by atoms with E-state index in [1.165, 1.54) is 0 Å².